The Kier molecular flexibility index (Phi) is 3.59. The number of amides is 2. The number of hydrogen-bond acceptors (Lipinski definition) is 3. The molecular weight excluding hydrogens is 245 g/mol. The number of halogens is 3. The summed E-state index contributed by atoms with van der Waals surface area (Å²) in [4.78, 5) is 33.5. The SMILES string of the molecule is O=C(O)C(=O)N1CCN(C(=O)C(F)(F)F)CC1. The van der Waals surface area contributed by atoms with E-state index in [0.717, 1.165) is 4.90 Å². The van der Waals surface area contributed by atoms with Crippen molar-refractivity contribution in [3.63, 3.8) is 0 Å². The van der Waals surface area contributed by atoms with Gasteiger partial charge in [-0.1, -0.05) is 0 Å². The fourth-order valence-corrected chi connectivity index (χ4v) is 1.43. The Hall–Kier alpha value is -1.80. The summed E-state index contributed by atoms with van der Waals surface area (Å²) in [7, 11) is 0. The molecule has 0 unspecified atom stereocenters. The Labute approximate surface area is 93.6 Å². The minimum atomic E-state index is -4.95. The molecule has 0 radical (unpaired) electrons. The number of piperazine rings is 1. The zero-order valence-electron chi connectivity index (χ0n) is 8.53. The van der Waals surface area contributed by atoms with Gasteiger partial charge in [0.25, 0.3) is 0 Å². The highest BCUT2D eigenvalue weighted by molar-refractivity contribution is 6.31. The Morgan fingerprint density at radius 2 is 1.35 bits per heavy atom. The summed E-state index contributed by atoms with van der Waals surface area (Å²) in [6.45, 7) is -1.07. The first-order valence-electron chi connectivity index (χ1n) is 4.62. The van der Waals surface area contributed by atoms with Crippen LogP contribution in [0.5, 0.6) is 0 Å². The molecule has 1 heterocycles. The van der Waals surface area contributed by atoms with Gasteiger partial charge in [-0.25, -0.2) is 4.79 Å². The van der Waals surface area contributed by atoms with Gasteiger partial charge >= 0.3 is 24.0 Å². The van der Waals surface area contributed by atoms with E-state index in [2.05, 4.69) is 0 Å². The summed E-state index contributed by atoms with van der Waals surface area (Å²) in [6.07, 6.45) is -4.95. The fourth-order valence-electron chi connectivity index (χ4n) is 1.43. The van der Waals surface area contributed by atoms with Crippen LogP contribution in [0.1, 0.15) is 0 Å². The van der Waals surface area contributed by atoms with Gasteiger partial charge in [0.2, 0.25) is 0 Å². The van der Waals surface area contributed by atoms with Gasteiger partial charge in [-0.05, 0) is 0 Å². The number of hydrogen-bond donors (Lipinski definition) is 1. The van der Waals surface area contributed by atoms with Gasteiger partial charge in [0.1, 0.15) is 0 Å². The Balaban J connectivity index is 2.55. The molecule has 0 spiro atoms. The third kappa shape index (κ3) is 3.08. The van der Waals surface area contributed by atoms with E-state index in [1.807, 2.05) is 0 Å². The van der Waals surface area contributed by atoms with Crippen molar-refractivity contribution in [3.8, 4) is 0 Å². The van der Waals surface area contributed by atoms with Crippen LogP contribution >= 0.6 is 0 Å². The highest BCUT2D eigenvalue weighted by Crippen LogP contribution is 2.19. The predicted octanol–water partition coefficient (Wildman–Crippen LogP) is -0.696. The van der Waals surface area contributed by atoms with Gasteiger partial charge < -0.3 is 14.9 Å². The molecule has 9 heteroatoms. The summed E-state index contributed by atoms with van der Waals surface area (Å²) in [5.41, 5.74) is 0. The average Bonchev–Trinajstić information content (AvgIpc) is 2.26. The van der Waals surface area contributed by atoms with Crippen LogP contribution < -0.4 is 0 Å². The van der Waals surface area contributed by atoms with Crippen LogP contribution in [-0.4, -0.2) is 65.0 Å². The van der Waals surface area contributed by atoms with Gasteiger partial charge in [-0.2, -0.15) is 13.2 Å². The molecule has 0 aromatic rings. The second kappa shape index (κ2) is 4.60. The molecule has 1 saturated heterocycles. The van der Waals surface area contributed by atoms with Crippen LogP contribution in [0.2, 0.25) is 0 Å². The standard InChI is InChI=1S/C8H9F3N2O4/c9-8(10,11)7(17)13-3-1-12(2-4-13)5(14)6(15)16/h1-4H2,(H,15,16). The summed E-state index contributed by atoms with van der Waals surface area (Å²) < 4.78 is 36.2. The van der Waals surface area contributed by atoms with Crippen LogP contribution in [0, 0.1) is 0 Å². The highest BCUT2D eigenvalue weighted by Gasteiger charge is 2.43. The van der Waals surface area contributed by atoms with Crippen molar-refractivity contribution in [2.75, 3.05) is 26.2 Å². The lowest BCUT2D eigenvalue weighted by molar-refractivity contribution is -0.187. The monoisotopic (exact) mass is 254 g/mol. The van der Waals surface area contributed by atoms with E-state index >= 15 is 0 Å². The number of rotatable bonds is 0. The van der Waals surface area contributed by atoms with Crippen LogP contribution in [0.25, 0.3) is 0 Å². The first-order valence-corrected chi connectivity index (χ1v) is 4.62. The lowest BCUT2D eigenvalue weighted by Gasteiger charge is -2.34. The quantitative estimate of drug-likeness (QED) is 0.580. The molecule has 0 aromatic carbocycles. The van der Waals surface area contributed by atoms with Crippen molar-refractivity contribution < 1.29 is 32.7 Å². The summed E-state index contributed by atoms with van der Waals surface area (Å²) >= 11 is 0. The molecule has 1 N–H and O–H groups in total. The molecule has 17 heavy (non-hydrogen) atoms. The van der Waals surface area contributed by atoms with E-state index in [4.69, 9.17) is 5.11 Å². The molecule has 1 aliphatic rings. The summed E-state index contributed by atoms with van der Waals surface area (Å²) in [5, 5.41) is 8.39. The van der Waals surface area contributed by atoms with E-state index in [-0.39, 0.29) is 26.2 Å². The molecule has 0 aliphatic carbocycles. The zero-order valence-corrected chi connectivity index (χ0v) is 8.53. The molecular formula is C8H9F3N2O4. The van der Waals surface area contributed by atoms with E-state index < -0.39 is 24.0 Å². The van der Waals surface area contributed by atoms with Crippen molar-refractivity contribution >= 4 is 17.8 Å². The van der Waals surface area contributed by atoms with E-state index in [9.17, 15) is 27.6 Å². The first-order chi connectivity index (χ1) is 7.73. The molecule has 0 bridgehead atoms. The smallest absolute Gasteiger partial charge is 0.471 e. The molecule has 6 nitrogen and oxygen atoms in total. The Bertz CT molecular complexity index is 347. The highest BCUT2D eigenvalue weighted by atomic mass is 19.4. The van der Waals surface area contributed by atoms with Gasteiger partial charge in [-0.3, -0.25) is 9.59 Å². The molecule has 0 saturated carbocycles. The summed E-state index contributed by atoms with van der Waals surface area (Å²) in [6, 6.07) is 0. The Morgan fingerprint density at radius 1 is 0.941 bits per heavy atom. The number of alkyl halides is 3. The maximum Gasteiger partial charge on any atom is 0.471 e. The van der Waals surface area contributed by atoms with Crippen molar-refractivity contribution in [2.24, 2.45) is 0 Å². The van der Waals surface area contributed by atoms with Crippen molar-refractivity contribution in [2.45, 2.75) is 6.18 Å². The van der Waals surface area contributed by atoms with Crippen LogP contribution in [0.4, 0.5) is 13.2 Å². The molecule has 1 fully saturated rings. The lowest BCUT2D eigenvalue weighted by Crippen LogP contribution is -2.54. The zero-order chi connectivity index (χ0) is 13.2. The third-order valence-electron chi connectivity index (χ3n) is 2.28. The predicted molar refractivity (Wildman–Crippen MR) is 46.9 cm³/mol. The maximum atomic E-state index is 12.1. The number of aliphatic carboxylic acids is 1. The van der Waals surface area contributed by atoms with Crippen LogP contribution in [-0.2, 0) is 14.4 Å². The van der Waals surface area contributed by atoms with Crippen LogP contribution in [0.15, 0.2) is 0 Å². The number of carboxylic acids is 1. The first kappa shape index (κ1) is 13.3. The number of nitrogens with zero attached hydrogens (tertiary/aromatic N) is 2. The van der Waals surface area contributed by atoms with Crippen molar-refractivity contribution in [3.05, 3.63) is 0 Å². The van der Waals surface area contributed by atoms with Crippen molar-refractivity contribution in [1.82, 2.24) is 9.80 Å². The third-order valence-corrected chi connectivity index (χ3v) is 2.28. The minimum absolute atomic E-state index is 0.215. The number of carboxylic acid groups (broad SMARTS) is 1. The molecule has 1 aliphatic heterocycles. The second-order valence-corrected chi connectivity index (χ2v) is 3.39. The van der Waals surface area contributed by atoms with E-state index in [0.29, 0.717) is 4.90 Å². The molecule has 0 aromatic heterocycles. The second-order valence-electron chi connectivity index (χ2n) is 3.39. The fraction of sp³-hybridized carbons (Fsp3) is 0.625. The Morgan fingerprint density at radius 3 is 1.71 bits per heavy atom. The van der Waals surface area contributed by atoms with Crippen LogP contribution in [0.3, 0.4) is 0 Å². The lowest BCUT2D eigenvalue weighted by atomic mass is 10.3. The average molecular weight is 254 g/mol. The number of carbonyl (C=O) groups excluding carboxylic acids is 2. The van der Waals surface area contributed by atoms with Gasteiger partial charge in [0.15, 0.2) is 0 Å². The summed E-state index contributed by atoms with van der Waals surface area (Å²) in [5.74, 6) is -4.82. The minimum Gasteiger partial charge on any atom is -0.474 e. The largest absolute Gasteiger partial charge is 0.474 e. The van der Waals surface area contributed by atoms with E-state index in [1.54, 1.807) is 0 Å². The molecule has 0 atom stereocenters. The van der Waals surface area contributed by atoms with Gasteiger partial charge in [0.05, 0.1) is 0 Å². The number of carbonyl (C=O) groups is 3. The van der Waals surface area contributed by atoms with Crippen molar-refractivity contribution in [1.29, 1.82) is 0 Å². The van der Waals surface area contributed by atoms with E-state index in [1.165, 1.54) is 0 Å². The van der Waals surface area contributed by atoms with Gasteiger partial charge in [-0.15, -0.1) is 0 Å². The molecule has 96 valence electrons. The molecule has 2 amide bonds. The maximum absolute atomic E-state index is 12.1. The normalized spacial score (nSPS) is 16.9. The van der Waals surface area contributed by atoms with Gasteiger partial charge in [0, 0.05) is 26.2 Å². The molecule has 1 rings (SSSR count). The topological polar surface area (TPSA) is 77.9 Å².